The third-order valence-electron chi connectivity index (χ3n) is 4.80. The largest absolute Gasteiger partial charge is 0.377 e. The number of rotatable bonds is 6. The van der Waals surface area contributed by atoms with Gasteiger partial charge < -0.3 is 10.1 Å². The maximum Gasteiger partial charge on any atom is 0.243 e. The average molecular weight is 377 g/mol. The number of hydrogen-bond donors (Lipinski definition) is 1. The Bertz CT molecular complexity index is 1010. The SMILES string of the molecule is C=CC(=O)NCc1ccc(-c2ccc(F)cc2)cc1-c1ccn(C2COC2)n1. The van der Waals surface area contributed by atoms with Crippen molar-refractivity contribution in [1.82, 2.24) is 15.1 Å². The van der Waals surface area contributed by atoms with Crippen molar-refractivity contribution in [3.63, 3.8) is 0 Å². The first kappa shape index (κ1) is 18.1. The van der Waals surface area contributed by atoms with Gasteiger partial charge in [-0.05, 0) is 47.0 Å². The quantitative estimate of drug-likeness (QED) is 0.666. The molecule has 142 valence electrons. The minimum absolute atomic E-state index is 0.231. The van der Waals surface area contributed by atoms with Gasteiger partial charge in [0.25, 0.3) is 0 Å². The Kier molecular flexibility index (Phi) is 5.04. The van der Waals surface area contributed by atoms with Gasteiger partial charge in [0, 0.05) is 18.3 Å². The second-order valence-electron chi connectivity index (χ2n) is 6.67. The first-order valence-corrected chi connectivity index (χ1v) is 9.06. The Morgan fingerprint density at radius 2 is 1.96 bits per heavy atom. The van der Waals surface area contributed by atoms with E-state index in [4.69, 9.17) is 9.84 Å². The Morgan fingerprint density at radius 1 is 1.21 bits per heavy atom. The standard InChI is InChI=1S/C22H20FN3O2/c1-2-22(27)24-12-17-4-3-16(15-5-7-18(23)8-6-15)11-20(17)21-9-10-26(25-21)19-13-28-14-19/h2-11,19H,1,12-14H2,(H,24,27). The van der Waals surface area contributed by atoms with Gasteiger partial charge in [-0.25, -0.2) is 4.39 Å². The van der Waals surface area contributed by atoms with Gasteiger partial charge in [0.15, 0.2) is 0 Å². The number of hydrogen-bond acceptors (Lipinski definition) is 3. The summed E-state index contributed by atoms with van der Waals surface area (Å²) in [6.45, 7) is 5.18. The van der Waals surface area contributed by atoms with Crippen LogP contribution in [0.2, 0.25) is 0 Å². The highest BCUT2D eigenvalue weighted by molar-refractivity contribution is 5.87. The Morgan fingerprint density at radius 3 is 2.64 bits per heavy atom. The smallest absolute Gasteiger partial charge is 0.243 e. The fraction of sp³-hybridized carbons (Fsp3) is 0.182. The third kappa shape index (κ3) is 3.73. The Labute approximate surface area is 162 Å². The highest BCUT2D eigenvalue weighted by Gasteiger charge is 2.21. The fourth-order valence-electron chi connectivity index (χ4n) is 3.11. The number of ether oxygens (including phenoxy) is 1. The van der Waals surface area contributed by atoms with Crippen LogP contribution in [-0.2, 0) is 16.1 Å². The molecule has 0 bridgehead atoms. The van der Waals surface area contributed by atoms with E-state index in [0.717, 1.165) is 27.9 Å². The molecule has 0 saturated carbocycles. The van der Waals surface area contributed by atoms with Crippen molar-refractivity contribution < 1.29 is 13.9 Å². The monoisotopic (exact) mass is 377 g/mol. The number of benzene rings is 2. The van der Waals surface area contributed by atoms with E-state index in [9.17, 15) is 9.18 Å². The van der Waals surface area contributed by atoms with Gasteiger partial charge in [0.05, 0.1) is 24.9 Å². The van der Waals surface area contributed by atoms with Gasteiger partial charge >= 0.3 is 0 Å². The second-order valence-corrected chi connectivity index (χ2v) is 6.67. The van der Waals surface area contributed by atoms with E-state index in [1.54, 1.807) is 12.1 Å². The molecule has 4 rings (SSSR count). The first-order chi connectivity index (χ1) is 13.6. The highest BCUT2D eigenvalue weighted by Crippen LogP contribution is 2.30. The zero-order chi connectivity index (χ0) is 19.5. The lowest BCUT2D eigenvalue weighted by atomic mass is 9.97. The summed E-state index contributed by atoms with van der Waals surface area (Å²) < 4.78 is 20.4. The van der Waals surface area contributed by atoms with E-state index < -0.39 is 0 Å². The van der Waals surface area contributed by atoms with Gasteiger partial charge in [0.1, 0.15) is 5.82 Å². The molecule has 1 aliphatic rings. The molecule has 3 aromatic rings. The molecule has 28 heavy (non-hydrogen) atoms. The number of amides is 1. The normalized spacial score (nSPS) is 13.8. The molecule has 1 aromatic heterocycles. The predicted octanol–water partition coefficient (Wildman–Crippen LogP) is 3.73. The maximum absolute atomic E-state index is 13.3. The van der Waals surface area contributed by atoms with Crippen LogP contribution >= 0.6 is 0 Å². The van der Waals surface area contributed by atoms with Crippen molar-refractivity contribution in [2.24, 2.45) is 0 Å². The van der Waals surface area contributed by atoms with Crippen LogP contribution < -0.4 is 5.32 Å². The van der Waals surface area contributed by atoms with Gasteiger partial charge in [-0.15, -0.1) is 0 Å². The summed E-state index contributed by atoms with van der Waals surface area (Å²) in [5, 5.41) is 7.52. The van der Waals surface area contributed by atoms with E-state index >= 15 is 0 Å². The van der Waals surface area contributed by atoms with Crippen molar-refractivity contribution in [2.75, 3.05) is 13.2 Å². The molecule has 0 atom stereocenters. The lowest BCUT2D eigenvalue weighted by Crippen LogP contribution is -2.30. The van der Waals surface area contributed by atoms with E-state index in [1.807, 2.05) is 35.1 Å². The lowest BCUT2D eigenvalue weighted by molar-refractivity contribution is -0.116. The fourth-order valence-corrected chi connectivity index (χ4v) is 3.11. The van der Waals surface area contributed by atoms with E-state index in [-0.39, 0.29) is 17.8 Å². The summed E-state index contributed by atoms with van der Waals surface area (Å²) >= 11 is 0. The summed E-state index contributed by atoms with van der Waals surface area (Å²) in [5.41, 5.74) is 4.55. The van der Waals surface area contributed by atoms with Gasteiger partial charge in [0.2, 0.25) is 5.91 Å². The second kappa shape index (κ2) is 7.78. The number of halogens is 1. The first-order valence-electron chi connectivity index (χ1n) is 9.06. The maximum atomic E-state index is 13.3. The van der Waals surface area contributed by atoms with Crippen molar-refractivity contribution in [1.29, 1.82) is 0 Å². The minimum atomic E-state index is -0.269. The topological polar surface area (TPSA) is 56.2 Å². The Balaban J connectivity index is 1.71. The van der Waals surface area contributed by atoms with E-state index in [0.29, 0.717) is 19.8 Å². The summed E-state index contributed by atoms with van der Waals surface area (Å²) in [5.74, 6) is -0.500. The van der Waals surface area contributed by atoms with Crippen LogP contribution in [0.3, 0.4) is 0 Å². The van der Waals surface area contributed by atoms with E-state index in [2.05, 4.69) is 11.9 Å². The number of aromatic nitrogens is 2. The van der Waals surface area contributed by atoms with Crippen molar-refractivity contribution in [3.8, 4) is 22.4 Å². The van der Waals surface area contributed by atoms with Gasteiger partial charge in [-0.1, -0.05) is 30.8 Å². The zero-order valence-corrected chi connectivity index (χ0v) is 15.3. The molecular weight excluding hydrogens is 357 g/mol. The molecule has 2 heterocycles. The molecule has 0 spiro atoms. The number of nitrogens with zero attached hydrogens (tertiary/aromatic N) is 2. The van der Waals surface area contributed by atoms with Crippen LogP contribution in [0.15, 0.2) is 67.4 Å². The summed E-state index contributed by atoms with van der Waals surface area (Å²) in [6.07, 6.45) is 3.19. The molecule has 1 amide bonds. The van der Waals surface area contributed by atoms with Crippen LogP contribution in [-0.4, -0.2) is 28.9 Å². The van der Waals surface area contributed by atoms with Crippen molar-refractivity contribution >= 4 is 5.91 Å². The molecule has 6 heteroatoms. The molecule has 0 aliphatic carbocycles. The predicted molar refractivity (Wildman–Crippen MR) is 105 cm³/mol. The molecule has 0 radical (unpaired) electrons. The van der Waals surface area contributed by atoms with Crippen LogP contribution in [0.5, 0.6) is 0 Å². The van der Waals surface area contributed by atoms with Crippen molar-refractivity contribution in [3.05, 3.63) is 78.8 Å². The number of carbonyl (C=O) groups is 1. The third-order valence-corrected chi connectivity index (χ3v) is 4.80. The summed E-state index contributed by atoms with van der Waals surface area (Å²) in [7, 11) is 0. The van der Waals surface area contributed by atoms with Gasteiger partial charge in [-0.3, -0.25) is 9.48 Å². The lowest BCUT2D eigenvalue weighted by Gasteiger charge is -2.26. The van der Waals surface area contributed by atoms with Crippen LogP contribution in [0.4, 0.5) is 4.39 Å². The van der Waals surface area contributed by atoms with Gasteiger partial charge in [-0.2, -0.15) is 5.10 Å². The number of nitrogens with one attached hydrogen (secondary N) is 1. The summed E-state index contributed by atoms with van der Waals surface area (Å²) in [4.78, 5) is 11.6. The molecule has 2 aromatic carbocycles. The minimum Gasteiger partial charge on any atom is -0.377 e. The molecule has 1 aliphatic heterocycles. The highest BCUT2D eigenvalue weighted by atomic mass is 19.1. The summed E-state index contributed by atoms with van der Waals surface area (Å²) in [6, 6.07) is 14.5. The molecule has 0 unspecified atom stereocenters. The average Bonchev–Trinajstić information content (AvgIpc) is 3.14. The number of carbonyl (C=O) groups excluding carboxylic acids is 1. The molecular formula is C22H20FN3O2. The molecule has 1 saturated heterocycles. The Hall–Kier alpha value is -3.25. The van der Waals surface area contributed by atoms with Crippen LogP contribution in [0, 0.1) is 5.82 Å². The molecule has 5 nitrogen and oxygen atoms in total. The van der Waals surface area contributed by atoms with E-state index in [1.165, 1.54) is 18.2 Å². The molecule has 1 N–H and O–H groups in total. The van der Waals surface area contributed by atoms with Crippen LogP contribution in [0.1, 0.15) is 11.6 Å². The zero-order valence-electron chi connectivity index (χ0n) is 15.3. The van der Waals surface area contributed by atoms with Crippen LogP contribution in [0.25, 0.3) is 22.4 Å². The van der Waals surface area contributed by atoms with Crippen molar-refractivity contribution in [2.45, 2.75) is 12.6 Å². The molecule has 1 fully saturated rings.